The van der Waals surface area contributed by atoms with Gasteiger partial charge in [-0.3, -0.25) is 9.28 Å². The number of aliphatic carboxylic acids is 2. The summed E-state index contributed by atoms with van der Waals surface area (Å²) >= 11 is 0. The van der Waals surface area contributed by atoms with Crippen LogP contribution in [-0.4, -0.2) is 53.0 Å². The molecule has 0 saturated heterocycles. The highest BCUT2D eigenvalue weighted by molar-refractivity contribution is 5.66. The lowest BCUT2D eigenvalue weighted by molar-refractivity contribution is -0.939. The maximum Gasteiger partial charge on any atom is 0.309 e. The van der Waals surface area contributed by atoms with E-state index in [9.17, 15) is 19.8 Å². The van der Waals surface area contributed by atoms with Gasteiger partial charge < -0.3 is 20.1 Å². The monoisotopic (exact) mass is 301 g/mol. The van der Waals surface area contributed by atoms with Crippen LogP contribution < -0.4 is 5.11 Å². The fraction of sp³-hybridized carbons (Fsp3) is 0.733. The molecule has 0 aliphatic rings. The molecule has 0 rings (SSSR count). The van der Waals surface area contributed by atoms with Crippen molar-refractivity contribution in [2.45, 2.75) is 45.4 Å². The topological polar surface area (TPSA) is 97.7 Å². The zero-order chi connectivity index (χ0) is 16.1. The average molecular weight is 301 g/mol. The van der Waals surface area contributed by atoms with Crippen molar-refractivity contribution in [2.24, 2.45) is 0 Å². The first-order chi connectivity index (χ1) is 9.95. The van der Waals surface area contributed by atoms with Crippen LogP contribution in [0.15, 0.2) is 12.2 Å². The smallest absolute Gasteiger partial charge is 0.309 e. The van der Waals surface area contributed by atoms with Crippen molar-refractivity contribution in [3.8, 4) is 0 Å². The number of allylic oxidation sites excluding steroid dienone is 1. The number of hydrogen-bond donors (Lipinski definition) is 2. The Kier molecular flexibility index (Phi) is 10.5. The van der Waals surface area contributed by atoms with Crippen LogP contribution in [0.25, 0.3) is 0 Å². The second-order valence-corrected chi connectivity index (χ2v) is 5.35. The Bertz CT molecular complexity index is 323. The molecule has 21 heavy (non-hydrogen) atoms. The van der Waals surface area contributed by atoms with Gasteiger partial charge in [0.15, 0.2) is 6.73 Å². The standard InChI is InChI=1S/C15H27NO5/c1-2-3-4-5-6-7-10-16(13-17,11-8-14(18)19)12-9-15(20)21/h6-7,17H,2-5,8-13H2,1H3,(H-,18,19,20,21)/b7-6+. The highest BCUT2D eigenvalue weighted by Crippen LogP contribution is 2.10. The van der Waals surface area contributed by atoms with Gasteiger partial charge in [0.1, 0.15) is 0 Å². The van der Waals surface area contributed by atoms with E-state index in [1.54, 1.807) is 0 Å². The Hall–Kier alpha value is -1.40. The molecule has 0 radical (unpaired) electrons. The van der Waals surface area contributed by atoms with E-state index >= 15 is 0 Å². The summed E-state index contributed by atoms with van der Waals surface area (Å²) in [5.41, 5.74) is 0. The summed E-state index contributed by atoms with van der Waals surface area (Å²) in [7, 11) is 0. The van der Waals surface area contributed by atoms with Gasteiger partial charge in [-0.05, 0) is 18.9 Å². The fourth-order valence-electron chi connectivity index (χ4n) is 2.08. The molecule has 0 aromatic heterocycles. The number of hydrogen-bond acceptors (Lipinski definition) is 4. The largest absolute Gasteiger partial charge is 0.550 e. The maximum absolute atomic E-state index is 10.7. The van der Waals surface area contributed by atoms with E-state index in [4.69, 9.17) is 5.11 Å². The molecule has 0 spiro atoms. The number of nitrogens with zero attached hydrogens (tertiary/aromatic N) is 1. The van der Waals surface area contributed by atoms with Crippen LogP contribution >= 0.6 is 0 Å². The molecule has 0 aliphatic carbocycles. The van der Waals surface area contributed by atoms with E-state index in [0.29, 0.717) is 6.54 Å². The number of unbranched alkanes of at least 4 members (excludes halogenated alkanes) is 3. The van der Waals surface area contributed by atoms with Crippen molar-refractivity contribution in [1.29, 1.82) is 0 Å². The molecule has 1 unspecified atom stereocenters. The Morgan fingerprint density at radius 3 is 2.33 bits per heavy atom. The van der Waals surface area contributed by atoms with Gasteiger partial charge in [0.2, 0.25) is 0 Å². The number of carbonyl (C=O) groups is 2. The second kappa shape index (κ2) is 11.3. The van der Waals surface area contributed by atoms with Gasteiger partial charge >= 0.3 is 5.97 Å². The summed E-state index contributed by atoms with van der Waals surface area (Å²) in [6.07, 6.45) is 7.98. The van der Waals surface area contributed by atoms with Gasteiger partial charge in [0.25, 0.3) is 0 Å². The minimum Gasteiger partial charge on any atom is -0.550 e. The molecule has 6 nitrogen and oxygen atoms in total. The Labute approximate surface area is 126 Å². The molecular formula is C15H27NO5. The van der Waals surface area contributed by atoms with Crippen LogP contribution in [0.2, 0.25) is 0 Å². The minimum atomic E-state index is -1.19. The summed E-state index contributed by atoms with van der Waals surface area (Å²) < 4.78 is 0.0462. The van der Waals surface area contributed by atoms with Crippen molar-refractivity contribution >= 4 is 11.9 Å². The lowest BCUT2D eigenvalue weighted by Crippen LogP contribution is -2.52. The molecule has 0 saturated carbocycles. The van der Waals surface area contributed by atoms with Gasteiger partial charge in [-0.2, -0.15) is 0 Å². The number of carbonyl (C=O) groups excluding carboxylic acids is 1. The van der Waals surface area contributed by atoms with Gasteiger partial charge in [-0.1, -0.05) is 25.8 Å². The van der Waals surface area contributed by atoms with E-state index in [0.717, 1.165) is 25.7 Å². The number of rotatable bonds is 13. The minimum absolute atomic E-state index is 0.0462. The molecule has 0 amide bonds. The average Bonchev–Trinajstić information content (AvgIpc) is 2.45. The first-order valence-corrected chi connectivity index (χ1v) is 7.48. The molecule has 122 valence electrons. The van der Waals surface area contributed by atoms with Crippen LogP contribution in [0.4, 0.5) is 0 Å². The van der Waals surface area contributed by atoms with E-state index in [1.807, 2.05) is 12.2 Å². The van der Waals surface area contributed by atoms with Gasteiger partial charge in [-0.15, -0.1) is 0 Å². The zero-order valence-corrected chi connectivity index (χ0v) is 12.8. The lowest BCUT2D eigenvalue weighted by Gasteiger charge is -2.35. The summed E-state index contributed by atoms with van der Waals surface area (Å²) in [6.45, 7) is 2.66. The van der Waals surface area contributed by atoms with Crippen molar-refractivity contribution in [3.63, 3.8) is 0 Å². The molecule has 2 N–H and O–H groups in total. The number of quaternary nitrogens is 1. The normalized spacial score (nSPS) is 14.2. The lowest BCUT2D eigenvalue weighted by atomic mass is 10.2. The van der Waals surface area contributed by atoms with Crippen LogP contribution in [0.3, 0.4) is 0 Å². The third-order valence-corrected chi connectivity index (χ3v) is 3.52. The number of aliphatic hydroxyl groups excluding tert-OH is 1. The zero-order valence-electron chi connectivity index (χ0n) is 12.8. The SMILES string of the molecule is CCCCC/C=C/C[N+](CO)(CCC(=O)[O-])CCC(=O)O. The van der Waals surface area contributed by atoms with Crippen LogP contribution in [-0.2, 0) is 9.59 Å². The van der Waals surface area contributed by atoms with Crippen LogP contribution in [0, 0.1) is 0 Å². The molecule has 6 heteroatoms. The Morgan fingerprint density at radius 2 is 1.81 bits per heavy atom. The first kappa shape index (κ1) is 19.6. The van der Waals surface area contributed by atoms with Gasteiger partial charge in [0.05, 0.1) is 26.1 Å². The molecule has 0 aromatic rings. The Morgan fingerprint density at radius 1 is 1.14 bits per heavy atom. The molecule has 0 aliphatic heterocycles. The summed E-state index contributed by atoms with van der Waals surface area (Å²) in [6, 6.07) is 0. The third kappa shape index (κ3) is 10.0. The van der Waals surface area contributed by atoms with E-state index in [1.165, 1.54) is 0 Å². The first-order valence-electron chi connectivity index (χ1n) is 7.48. The molecule has 0 fully saturated rings. The summed E-state index contributed by atoms with van der Waals surface area (Å²) in [4.78, 5) is 21.3. The van der Waals surface area contributed by atoms with Gasteiger partial charge in [0, 0.05) is 12.4 Å². The number of carboxylic acids is 2. The fourth-order valence-corrected chi connectivity index (χ4v) is 2.08. The van der Waals surface area contributed by atoms with Gasteiger partial charge in [-0.25, -0.2) is 0 Å². The highest BCUT2D eigenvalue weighted by Gasteiger charge is 2.25. The molecule has 0 aromatic carbocycles. The molecule has 1 atom stereocenters. The predicted molar refractivity (Wildman–Crippen MR) is 77.1 cm³/mol. The highest BCUT2D eigenvalue weighted by atomic mass is 16.4. The van der Waals surface area contributed by atoms with Crippen molar-refractivity contribution in [1.82, 2.24) is 0 Å². The maximum atomic E-state index is 10.7. The van der Waals surface area contributed by atoms with Crippen LogP contribution in [0.1, 0.15) is 45.4 Å². The molecular weight excluding hydrogens is 274 g/mol. The second-order valence-electron chi connectivity index (χ2n) is 5.35. The van der Waals surface area contributed by atoms with E-state index in [2.05, 4.69) is 6.92 Å². The van der Waals surface area contributed by atoms with E-state index in [-0.39, 0.29) is 37.1 Å². The summed E-state index contributed by atoms with van der Waals surface area (Å²) in [5, 5.41) is 29.0. The number of carboxylic acid groups (broad SMARTS) is 2. The quantitative estimate of drug-likeness (QED) is 0.223. The number of aliphatic hydroxyl groups is 1. The third-order valence-electron chi connectivity index (χ3n) is 3.52. The van der Waals surface area contributed by atoms with Crippen molar-refractivity contribution < 1.29 is 29.4 Å². The molecule has 0 heterocycles. The van der Waals surface area contributed by atoms with E-state index < -0.39 is 11.9 Å². The predicted octanol–water partition coefficient (Wildman–Crippen LogP) is 0.504. The Balaban J connectivity index is 4.51. The van der Waals surface area contributed by atoms with Crippen molar-refractivity contribution in [3.05, 3.63) is 12.2 Å². The van der Waals surface area contributed by atoms with Crippen molar-refractivity contribution in [2.75, 3.05) is 26.4 Å². The summed E-state index contributed by atoms with van der Waals surface area (Å²) in [5.74, 6) is -2.14. The van der Waals surface area contributed by atoms with Crippen LogP contribution in [0.5, 0.6) is 0 Å². The molecule has 0 bridgehead atoms.